The Balaban J connectivity index is 2.11. The number of carbonyl (C=O) groups excluding carboxylic acids is 1. The number of benzene rings is 3. The van der Waals surface area contributed by atoms with E-state index >= 15 is 0 Å². The van der Waals surface area contributed by atoms with Gasteiger partial charge in [-0.25, -0.2) is 17.6 Å². The molecule has 0 saturated carbocycles. The summed E-state index contributed by atoms with van der Waals surface area (Å²) in [5, 5.41) is 1.67. The number of hydrogen-bond donors (Lipinski definition) is 1. The van der Waals surface area contributed by atoms with Crippen molar-refractivity contribution in [2.45, 2.75) is 13.1 Å². The van der Waals surface area contributed by atoms with Gasteiger partial charge in [-0.3, -0.25) is 4.79 Å². The lowest BCUT2D eigenvalue weighted by molar-refractivity contribution is -0.143. The van der Waals surface area contributed by atoms with E-state index in [-0.39, 0.29) is 5.56 Å². The Morgan fingerprint density at radius 1 is 0.800 bits per heavy atom. The summed E-state index contributed by atoms with van der Waals surface area (Å²) in [7, 11) is 0. The molecule has 0 bridgehead atoms. The molecule has 0 saturated heterocycles. The van der Waals surface area contributed by atoms with Crippen molar-refractivity contribution in [1.82, 2.24) is 0 Å². The van der Waals surface area contributed by atoms with Crippen molar-refractivity contribution in [2.75, 3.05) is 5.32 Å². The Kier molecular flexibility index (Phi) is 5.56. The van der Waals surface area contributed by atoms with Crippen molar-refractivity contribution in [2.24, 2.45) is 0 Å². The van der Waals surface area contributed by atoms with Gasteiger partial charge in [0.15, 0.2) is 23.3 Å². The summed E-state index contributed by atoms with van der Waals surface area (Å²) < 4.78 is 94.1. The first-order valence-electron chi connectivity index (χ1n) is 8.43. The van der Waals surface area contributed by atoms with Crippen LogP contribution < -0.4 is 5.32 Å². The van der Waals surface area contributed by atoms with E-state index in [1.165, 1.54) is 19.1 Å². The zero-order chi connectivity index (χ0) is 22.2. The third-order valence-corrected chi connectivity index (χ3v) is 4.37. The van der Waals surface area contributed by atoms with Gasteiger partial charge < -0.3 is 5.32 Å². The van der Waals surface area contributed by atoms with Gasteiger partial charge >= 0.3 is 6.18 Å². The van der Waals surface area contributed by atoms with E-state index in [0.717, 1.165) is 0 Å². The molecule has 0 aromatic heterocycles. The van der Waals surface area contributed by atoms with Crippen molar-refractivity contribution < 1.29 is 35.5 Å². The fourth-order valence-corrected chi connectivity index (χ4v) is 2.99. The molecule has 0 aliphatic carbocycles. The zero-order valence-corrected chi connectivity index (χ0v) is 15.2. The van der Waals surface area contributed by atoms with Crippen molar-refractivity contribution in [3.63, 3.8) is 0 Å². The van der Waals surface area contributed by atoms with E-state index in [1.807, 2.05) is 0 Å². The van der Waals surface area contributed by atoms with E-state index in [1.54, 1.807) is 41.7 Å². The van der Waals surface area contributed by atoms with Crippen LogP contribution in [0.25, 0.3) is 11.1 Å². The number of amides is 1. The van der Waals surface area contributed by atoms with Gasteiger partial charge in [-0.1, -0.05) is 48.5 Å². The first kappa shape index (κ1) is 21.4. The van der Waals surface area contributed by atoms with Crippen LogP contribution in [-0.4, -0.2) is 5.91 Å². The second-order valence-electron chi connectivity index (χ2n) is 6.32. The number of halogens is 7. The number of nitrogens with one attached hydrogen (secondary N) is 1. The molecule has 9 heteroatoms. The fourth-order valence-electron chi connectivity index (χ4n) is 2.99. The van der Waals surface area contributed by atoms with E-state index in [4.69, 9.17) is 0 Å². The molecule has 0 radical (unpaired) electrons. The van der Waals surface area contributed by atoms with Crippen LogP contribution in [0.3, 0.4) is 0 Å². The van der Waals surface area contributed by atoms with Crippen LogP contribution in [0.1, 0.15) is 21.5 Å². The minimum Gasteiger partial charge on any atom is -0.317 e. The van der Waals surface area contributed by atoms with Gasteiger partial charge in [0.25, 0.3) is 5.91 Å². The molecule has 3 aromatic carbocycles. The quantitative estimate of drug-likeness (QED) is 0.376. The molecule has 156 valence electrons. The summed E-state index contributed by atoms with van der Waals surface area (Å²) >= 11 is 0. The lowest BCUT2D eigenvalue weighted by Crippen LogP contribution is -2.21. The van der Waals surface area contributed by atoms with E-state index < -0.39 is 46.6 Å². The zero-order valence-electron chi connectivity index (χ0n) is 15.2. The minimum atomic E-state index is -5.67. The van der Waals surface area contributed by atoms with E-state index in [2.05, 4.69) is 0 Å². The molecule has 3 rings (SSSR count). The van der Waals surface area contributed by atoms with Gasteiger partial charge in [0.1, 0.15) is 11.3 Å². The van der Waals surface area contributed by atoms with Crippen LogP contribution >= 0.6 is 0 Å². The van der Waals surface area contributed by atoms with Crippen molar-refractivity contribution in [3.05, 3.63) is 88.5 Å². The number of anilines is 1. The maximum atomic E-state index is 14.1. The highest BCUT2D eigenvalue weighted by molar-refractivity contribution is 6.09. The number of rotatable bonds is 3. The minimum absolute atomic E-state index is 0.0665. The molecule has 0 atom stereocenters. The fraction of sp³-hybridized carbons (Fsp3) is 0.0952. The van der Waals surface area contributed by atoms with Crippen molar-refractivity contribution in [3.8, 4) is 11.1 Å². The second kappa shape index (κ2) is 7.81. The summed E-state index contributed by atoms with van der Waals surface area (Å²) in [5.74, 6) is -11.2. The third kappa shape index (κ3) is 3.74. The second-order valence-corrected chi connectivity index (χ2v) is 6.32. The van der Waals surface area contributed by atoms with Crippen LogP contribution in [0.4, 0.5) is 36.4 Å². The summed E-state index contributed by atoms with van der Waals surface area (Å²) in [4.78, 5) is 12.7. The normalized spacial score (nSPS) is 11.5. The Labute approximate surface area is 166 Å². The molecule has 0 aliphatic heterocycles. The molecule has 30 heavy (non-hydrogen) atoms. The standard InChI is InChI=1S/C21H12F7NO/c1-10-6-5-9-12(11-7-3-2-4-8-11)13(10)20(30)29-19-17(24)15(22)14(21(26,27)28)16(23)18(19)25/h2-9H,1H3,(H,29,30). The van der Waals surface area contributed by atoms with Gasteiger partial charge in [0.05, 0.1) is 5.56 Å². The molecule has 1 N–H and O–H groups in total. The first-order chi connectivity index (χ1) is 14.0. The molecular weight excluding hydrogens is 415 g/mol. The number of aryl methyl sites for hydroxylation is 1. The van der Waals surface area contributed by atoms with Crippen LogP contribution in [-0.2, 0) is 6.18 Å². The average Bonchev–Trinajstić information content (AvgIpc) is 2.69. The van der Waals surface area contributed by atoms with E-state index in [9.17, 15) is 35.5 Å². The SMILES string of the molecule is Cc1cccc(-c2ccccc2)c1C(=O)Nc1c(F)c(F)c(C(F)(F)F)c(F)c1F. The first-order valence-corrected chi connectivity index (χ1v) is 8.43. The van der Waals surface area contributed by atoms with Gasteiger partial charge in [-0.05, 0) is 23.6 Å². The van der Waals surface area contributed by atoms with Gasteiger partial charge in [0.2, 0.25) is 0 Å². The maximum Gasteiger partial charge on any atom is 0.422 e. The highest BCUT2D eigenvalue weighted by Crippen LogP contribution is 2.39. The van der Waals surface area contributed by atoms with Gasteiger partial charge in [0, 0.05) is 0 Å². The largest absolute Gasteiger partial charge is 0.422 e. The maximum absolute atomic E-state index is 14.1. The highest BCUT2D eigenvalue weighted by atomic mass is 19.4. The van der Waals surface area contributed by atoms with Gasteiger partial charge in [-0.2, -0.15) is 13.2 Å². The Bertz CT molecular complexity index is 1100. The summed E-state index contributed by atoms with van der Waals surface area (Å²) in [6.07, 6.45) is -5.67. The number of hydrogen-bond acceptors (Lipinski definition) is 1. The predicted molar refractivity (Wildman–Crippen MR) is 95.8 cm³/mol. The molecular formula is C21H12F7NO. The average molecular weight is 427 g/mol. The Morgan fingerprint density at radius 3 is 1.90 bits per heavy atom. The molecule has 1 amide bonds. The molecule has 0 aliphatic rings. The summed E-state index contributed by atoms with van der Waals surface area (Å²) in [6, 6.07) is 13.1. The molecule has 0 unspecified atom stereocenters. The van der Waals surface area contributed by atoms with Crippen LogP contribution in [0, 0.1) is 30.2 Å². The smallest absolute Gasteiger partial charge is 0.317 e. The molecule has 3 aromatic rings. The number of carbonyl (C=O) groups is 1. The summed E-state index contributed by atoms with van der Waals surface area (Å²) in [5.41, 5.74) is -3.15. The van der Waals surface area contributed by atoms with Crippen LogP contribution in [0.2, 0.25) is 0 Å². The topological polar surface area (TPSA) is 29.1 Å². The lowest BCUT2D eigenvalue weighted by atomic mass is 9.95. The Morgan fingerprint density at radius 2 is 1.37 bits per heavy atom. The van der Waals surface area contributed by atoms with E-state index in [0.29, 0.717) is 16.7 Å². The highest BCUT2D eigenvalue weighted by Gasteiger charge is 2.42. The summed E-state index contributed by atoms with van der Waals surface area (Å²) in [6.45, 7) is 1.52. The number of alkyl halides is 3. The van der Waals surface area contributed by atoms with Crippen molar-refractivity contribution in [1.29, 1.82) is 0 Å². The molecule has 0 heterocycles. The van der Waals surface area contributed by atoms with Crippen LogP contribution in [0.5, 0.6) is 0 Å². The van der Waals surface area contributed by atoms with Crippen molar-refractivity contribution >= 4 is 11.6 Å². The molecule has 0 spiro atoms. The Hall–Kier alpha value is -3.36. The van der Waals surface area contributed by atoms with Gasteiger partial charge in [-0.15, -0.1) is 0 Å². The predicted octanol–water partition coefficient (Wildman–Crippen LogP) is 6.49. The molecule has 2 nitrogen and oxygen atoms in total. The third-order valence-electron chi connectivity index (χ3n) is 4.37. The lowest BCUT2D eigenvalue weighted by Gasteiger charge is -2.16. The van der Waals surface area contributed by atoms with Crippen LogP contribution in [0.15, 0.2) is 48.5 Å². The monoisotopic (exact) mass is 427 g/mol. The molecule has 0 fully saturated rings.